The van der Waals surface area contributed by atoms with Gasteiger partial charge in [-0.2, -0.15) is 12.6 Å². The van der Waals surface area contributed by atoms with E-state index < -0.39 is 6.10 Å². The van der Waals surface area contributed by atoms with Crippen LogP contribution in [0.5, 0.6) is 0 Å². The summed E-state index contributed by atoms with van der Waals surface area (Å²) in [6.45, 7) is 1.86. The maximum atomic E-state index is 9.11. The molecule has 0 aromatic carbocycles. The Morgan fingerprint density at radius 3 is 2.44 bits per heavy atom. The first-order valence-electron chi connectivity index (χ1n) is 3.12. The van der Waals surface area contributed by atoms with Crippen LogP contribution in [0.3, 0.4) is 0 Å². The Morgan fingerprint density at radius 1 is 1.56 bits per heavy atom. The van der Waals surface area contributed by atoms with E-state index in [1.807, 2.05) is 6.92 Å². The SMILES string of the molecule is CC(CO)C(O)CCS. The fraction of sp³-hybridized carbons (Fsp3) is 1.00. The van der Waals surface area contributed by atoms with Crippen LogP contribution in [0.2, 0.25) is 0 Å². The van der Waals surface area contributed by atoms with E-state index in [1.54, 1.807) is 0 Å². The normalized spacial score (nSPS) is 17.3. The molecule has 0 saturated heterocycles. The van der Waals surface area contributed by atoms with E-state index in [4.69, 9.17) is 10.2 Å². The van der Waals surface area contributed by atoms with Gasteiger partial charge in [-0.3, -0.25) is 0 Å². The predicted octanol–water partition coefficient (Wildman–Crippen LogP) is 0.296. The van der Waals surface area contributed by atoms with Crippen molar-refractivity contribution in [1.29, 1.82) is 0 Å². The van der Waals surface area contributed by atoms with Gasteiger partial charge in [0.2, 0.25) is 0 Å². The highest BCUT2D eigenvalue weighted by Crippen LogP contribution is 2.05. The van der Waals surface area contributed by atoms with Gasteiger partial charge in [0.25, 0.3) is 0 Å². The highest BCUT2D eigenvalue weighted by molar-refractivity contribution is 7.80. The summed E-state index contributed by atoms with van der Waals surface area (Å²) in [6, 6.07) is 0. The standard InChI is InChI=1S/C6H14O2S/c1-5(4-7)6(8)2-3-9/h5-9H,2-4H2,1H3. The third kappa shape index (κ3) is 3.78. The molecule has 0 aromatic rings. The van der Waals surface area contributed by atoms with Crippen LogP contribution in [0.1, 0.15) is 13.3 Å². The predicted molar refractivity (Wildman–Crippen MR) is 40.7 cm³/mol. The molecule has 0 aliphatic heterocycles. The Morgan fingerprint density at radius 2 is 2.11 bits per heavy atom. The zero-order valence-electron chi connectivity index (χ0n) is 5.62. The number of aliphatic hydroxyl groups is 2. The Labute approximate surface area is 61.3 Å². The fourth-order valence-corrected chi connectivity index (χ4v) is 0.803. The van der Waals surface area contributed by atoms with Crippen LogP contribution >= 0.6 is 12.6 Å². The molecule has 0 amide bonds. The molecule has 2 N–H and O–H groups in total. The van der Waals surface area contributed by atoms with Crippen LogP contribution < -0.4 is 0 Å². The summed E-state index contributed by atoms with van der Waals surface area (Å²) >= 11 is 3.95. The van der Waals surface area contributed by atoms with E-state index in [2.05, 4.69) is 12.6 Å². The fourth-order valence-electron chi connectivity index (χ4n) is 0.538. The van der Waals surface area contributed by atoms with Gasteiger partial charge in [0.15, 0.2) is 0 Å². The molecule has 2 nitrogen and oxygen atoms in total. The lowest BCUT2D eigenvalue weighted by Gasteiger charge is -2.14. The Kier molecular flexibility index (Phi) is 5.24. The largest absolute Gasteiger partial charge is 0.396 e. The third-order valence-electron chi connectivity index (χ3n) is 1.37. The molecule has 0 fully saturated rings. The van der Waals surface area contributed by atoms with Crippen molar-refractivity contribution in [2.75, 3.05) is 12.4 Å². The molecule has 0 saturated carbocycles. The first kappa shape index (κ1) is 9.27. The maximum absolute atomic E-state index is 9.11. The molecule has 0 bridgehead atoms. The van der Waals surface area contributed by atoms with E-state index in [0.717, 1.165) is 0 Å². The molecule has 56 valence electrons. The summed E-state index contributed by atoms with van der Waals surface area (Å²) < 4.78 is 0. The lowest BCUT2D eigenvalue weighted by atomic mass is 10.0. The molecule has 0 aliphatic carbocycles. The first-order chi connectivity index (χ1) is 4.22. The molecule has 0 rings (SSSR count). The molecular formula is C6H14O2S. The minimum Gasteiger partial charge on any atom is -0.396 e. The van der Waals surface area contributed by atoms with Crippen molar-refractivity contribution in [1.82, 2.24) is 0 Å². The highest BCUT2D eigenvalue weighted by atomic mass is 32.1. The van der Waals surface area contributed by atoms with Crippen LogP contribution in [-0.2, 0) is 0 Å². The maximum Gasteiger partial charge on any atom is 0.0595 e. The smallest absolute Gasteiger partial charge is 0.0595 e. The number of hydrogen-bond donors (Lipinski definition) is 3. The lowest BCUT2D eigenvalue weighted by molar-refractivity contribution is 0.0754. The van der Waals surface area contributed by atoms with Gasteiger partial charge in [-0.25, -0.2) is 0 Å². The molecule has 0 aromatic heterocycles. The van der Waals surface area contributed by atoms with Gasteiger partial charge >= 0.3 is 0 Å². The van der Waals surface area contributed by atoms with E-state index in [1.165, 1.54) is 0 Å². The van der Waals surface area contributed by atoms with Gasteiger partial charge in [-0.1, -0.05) is 6.92 Å². The van der Waals surface area contributed by atoms with Crippen molar-refractivity contribution in [3.63, 3.8) is 0 Å². The number of rotatable bonds is 4. The Hall–Kier alpha value is 0.270. The van der Waals surface area contributed by atoms with Crippen LogP contribution in [0, 0.1) is 5.92 Å². The Bertz CT molecular complexity index is 68.1. The summed E-state index contributed by atoms with van der Waals surface area (Å²) in [6.07, 6.45) is 0.262. The third-order valence-corrected chi connectivity index (χ3v) is 1.63. The molecule has 0 spiro atoms. The van der Waals surface area contributed by atoms with Crippen molar-refractivity contribution in [2.45, 2.75) is 19.4 Å². The summed E-state index contributed by atoms with van der Waals surface area (Å²) in [4.78, 5) is 0. The quantitative estimate of drug-likeness (QED) is 0.504. The molecule has 2 atom stereocenters. The molecule has 0 aliphatic rings. The van der Waals surface area contributed by atoms with Crippen LogP contribution in [0.25, 0.3) is 0 Å². The number of aliphatic hydroxyl groups excluding tert-OH is 2. The molecule has 0 heterocycles. The minimum absolute atomic E-state index is 0.0165. The Balaban J connectivity index is 3.32. The van der Waals surface area contributed by atoms with Gasteiger partial charge in [-0.15, -0.1) is 0 Å². The van der Waals surface area contributed by atoms with Crippen LogP contribution in [-0.4, -0.2) is 28.7 Å². The van der Waals surface area contributed by atoms with E-state index >= 15 is 0 Å². The van der Waals surface area contributed by atoms with Crippen molar-refractivity contribution < 1.29 is 10.2 Å². The molecular weight excluding hydrogens is 136 g/mol. The second-order valence-corrected chi connectivity index (χ2v) is 2.69. The summed E-state index contributed by atoms with van der Waals surface area (Å²) in [5, 5.41) is 17.7. The van der Waals surface area contributed by atoms with Gasteiger partial charge in [-0.05, 0) is 12.2 Å². The second kappa shape index (κ2) is 5.09. The molecule has 2 unspecified atom stereocenters. The van der Waals surface area contributed by atoms with Gasteiger partial charge < -0.3 is 10.2 Å². The van der Waals surface area contributed by atoms with Crippen molar-refractivity contribution in [2.24, 2.45) is 5.92 Å². The van der Waals surface area contributed by atoms with Crippen molar-refractivity contribution >= 4 is 12.6 Å². The average Bonchev–Trinajstić information content (AvgIpc) is 1.87. The number of hydrogen-bond acceptors (Lipinski definition) is 3. The van der Waals surface area contributed by atoms with Crippen molar-refractivity contribution in [3.05, 3.63) is 0 Å². The molecule has 9 heavy (non-hydrogen) atoms. The first-order valence-corrected chi connectivity index (χ1v) is 3.75. The van der Waals surface area contributed by atoms with Crippen LogP contribution in [0.4, 0.5) is 0 Å². The van der Waals surface area contributed by atoms with E-state index in [-0.39, 0.29) is 12.5 Å². The minimum atomic E-state index is -0.396. The topological polar surface area (TPSA) is 40.5 Å². The lowest BCUT2D eigenvalue weighted by Crippen LogP contribution is -2.20. The summed E-state index contributed by atoms with van der Waals surface area (Å²) in [5.41, 5.74) is 0. The monoisotopic (exact) mass is 150 g/mol. The average molecular weight is 150 g/mol. The van der Waals surface area contributed by atoms with Gasteiger partial charge in [0.05, 0.1) is 6.10 Å². The second-order valence-electron chi connectivity index (χ2n) is 2.24. The molecule has 3 heteroatoms. The molecule has 0 radical (unpaired) electrons. The number of thiol groups is 1. The van der Waals surface area contributed by atoms with Gasteiger partial charge in [0, 0.05) is 12.5 Å². The van der Waals surface area contributed by atoms with Gasteiger partial charge in [0.1, 0.15) is 0 Å². The van der Waals surface area contributed by atoms with Crippen LogP contribution in [0.15, 0.2) is 0 Å². The van der Waals surface area contributed by atoms with Crippen molar-refractivity contribution in [3.8, 4) is 0 Å². The van der Waals surface area contributed by atoms with E-state index in [0.29, 0.717) is 12.2 Å². The zero-order chi connectivity index (χ0) is 7.28. The summed E-state index contributed by atoms with van der Waals surface area (Å²) in [5.74, 6) is 0.656. The zero-order valence-corrected chi connectivity index (χ0v) is 6.51. The summed E-state index contributed by atoms with van der Waals surface area (Å²) in [7, 11) is 0. The highest BCUT2D eigenvalue weighted by Gasteiger charge is 2.10. The van der Waals surface area contributed by atoms with E-state index in [9.17, 15) is 0 Å².